The van der Waals surface area contributed by atoms with Gasteiger partial charge in [0.05, 0.1) is 5.25 Å². The average molecular weight is 222 g/mol. The van der Waals surface area contributed by atoms with Gasteiger partial charge < -0.3 is 0 Å². The third-order valence-corrected chi connectivity index (χ3v) is 2.98. The van der Waals surface area contributed by atoms with Crippen molar-refractivity contribution in [1.29, 1.82) is 0 Å². The summed E-state index contributed by atoms with van der Waals surface area (Å²) in [4.78, 5) is 24.2. The van der Waals surface area contributed by atoms with E-state index < -0.39 is 5.25 Å². The van der Waals surface area contributed by atoms with E-state index in [1.165, 1.54) is 4.90 Å². The Hall–Kier alpha value is -1.16. The SMILES string of the molecule is O=C1CC(S)C(=O)N1CCc1cc[cH-]c1. The van der Waals surface area contributed by atoms with E-state index in [0.717, 1.165) is 12.0 Å². The number of rotatable bonds is 3. The van der Waals surface area contributed by atoms with Crippen molar-refractivity contribution in [2.45, 2.75) is 18.1 Å². The second kappa shape index (κ2) is 4.14. The molecule has 4 heteroatoms. The van der Waals surface area contributed by atoms with Crippen LogP contribution >= 0.6 is 12.6 Å². The van der Waals surface area contributed by atoms with Gasteiger partial charge in [-0.05, 0) is 0 Å². The molecule has 0 aliphatic carbocycles. The largest absolute Gasteiger partial charge is 0.282 e. The highest BCUT2D eigenvalue weighted by molar-refractivity contribution is 7.81. The zero-order chi connectivity index (χ0) is 10.8. The van der Waals surface area contributed by atoms with Crippen LogP contribution in [0.25, 0.3) is 0 Å². The molecule has 1 heterocycles. The van der Waals surface area contributed by atoms with E-state index in [0.29, 0.717) is 6.54 Å². The fraction of sp³-hybridized carbons (Fsp3) is 0.364. The number of hydrogen-bond acceptors (Lipinski definition) is 3. The van der Waals surface area contributed by atoms with Crippen molar-refractivity contribution in [3.8, 4) is 0 Å². The Bertz CT molecular complexity index is 372. The fourth-order valence-electron chi connectivity index (χ4n) is 1.72. The highest BCUT2D eigenvalue weighted by Gasteiger charge is 2.35. The fourth-order valence-corrected chi connectivity index (χ4v) is 2.02. The molecule has 1 aliphatic heterocycles. The third kappa shape index (κ3) is 2.09. The van der Waals surface area contributed by atoms with E-state index in [1.54, 1.807) is 0 Å². The van der Waals surface area contributed by atoms with Gasteiger partial charge in [0.25, 0.3) is 0 Å². The summed E-state index contributed by atoms with van der Waals surface area (Å²) in [5.41, 5.74) is 1.15. The number of amides is 2. The van der Waals surface area contributed by atoms with Crippen molar-refractivity contribution in [2.75, 3.05) is 6.54 Å². The molecule has 2 rings (SSSR count). The molecule has 0 radical (unpaired) electrons. The molecular formula is C11H12NO2S-. The number of hydrogen-bond donors (Lipinski definition) is 1. The Morgan fingerprint density at radius 3 is 2.87 bits per heavy atom. The van der Waals surface area contributed by atoms with Gasteiger partial charge in [-0.3, -0.25) is 14.5 Å². The number of imide groups is 1. The molecule has 1 fully saturated rings. The van der Waals surface area contributed by atoms with Gasteiger partial charge in [0.15, 0.2) is 0 Å². The standard InChI is InChI=1S/C11H12NO2S/c13-10-7-9(15)11(14)12(10)6-5-8-3-1-2-4-8/h1-4,9,15H,5-7H2/q-1. The van der Waals surface area contributed by atoms with Gasteiger partial charge >= 0.3 is 0 Å². The quantitative estimate of drug-likeness (QED) is 0.471. The van der Waals surface area contributed by atoms with Crippen LogP contribution in [0.5, 0.6) is 0 Å². The second-order valence-corrected chi connectivity index (χ2v) is 4.27. The topological polar surface area (TPSA) is 37.4 Å². The van der Waals surface area contributed by atoms with Gasteiger partial charge in [0.1, 0.15) is 0 Å². The predicted octanol–water partition coefficient (Wildman–Crippen LogP) is 1.01. The van der Waals surface area contributed by atoms with E-state index in [4.69, 9.17) is 0 Å². The summed E-state index contributed by atoms with van der Waals surface area (Å²) in [5.74, 6) is -0.263. The summed E-state index contributed by atoms with van der Waals surface area (Å²) in [6.45, 7) is 0.471. The van der Waals surface area contributed by atoms with Crippen LogP contribution in [-0.4, -0.2) is 28.5 Å². The highest BCUT2D eigenvalue weighted by atomic mass is 32.1. The molecule has 15 heavy (non-hydrogen) atoms. The molecule has 0 N–H and O–H groups in total. The van der Waals surface area contributed by atoms with Crippen molar-refractivity contribution in [2.24, 2.45) is 0 Å². The summed E-state index contributed by atoms with van der Waals surface area (Å²) < 4.78 is 0. The molecule has 1 aromatic rings. The van der Waals surface area contributed by atoms with E-state index in [-0.39, 0.29) is 18.2 Å². The second-order valence-electron chi connectivity index (χ2n) is 3.65. The first-order valence-electron chi connectivity index (χ1n) is 4.91. The smallest absolute Gasteiger partial charge is 0.242 e. The van der Waals surface area contributed by atoms with Crippen molar-refractivity contribution < 1.29 is 9.59 Å². The van der Waals surface area contributed by atoms with Crippen LogP contribution < -0.4 is 0 Å². The molecule has 3 nitrogen and oxygen atoms in total. The molecule has 0 aromatic heterocycles. The minimum Gasteiger partial charge on any atom is -0.282 e. The van der Waals surface area contributed by atoms with Gasteiger partial charge in [0, 0.05) is 13.0 Å². The summed E-state index contributed by atoms with van der Waals surface area (Å²) in [7, 11) is 0. The van der Waals surface area contributed by atoms with Crippen molar-refractivity contribution in [1.82, 2.24) is 4.90 Å². The van der Waals surface area contributed by atoms with Gasteiger partial charge in [-0.25, -0.2) is 6.07 Å². The van der Waals surface area contributed by atoms with E-state index in [2.05, 4.69) is 12.6 Å². The Morgan fingerprint density at radius 1 is 1.53 bits per heavy atom. The lowest BCUT2D eigenvalue weighted by atomic mass is 10.2. The summed E-state index contributed by atoms with van der Waals surface area (Å²) in [6, 6.07) is 7.88. The summed E-state index contributed by atoms with van der Waals surface area (Å²) >= 11 is 4.06. The highest BCUT2D eigenvalue weighted by Crippen LogP contribution is 2.18. The summed E-state index contributed by atoms with van der Waals surface area (Å²) in [5, 5.41) is -0.433. The first-order valence-corrected chi connectivity index (χ1v) is 5.43. The van der Waals surface area contributed by atoms with Crippen LogP contribution in [0.4, 0.5) is 0 Å². The predicted molar refractivity (Wildman–Crippen MR) is 59.9 cm³/mol. The van der Waals surface area contributed by atoms with Crippen LogP contribution in [0.2, 0.25) is 0 Å². The first-order chi connectivity index (χ1) is 7.18. The minimum atomic E-state index is -0.433. The molecule has 0 spiro atoms. The van der Waals surface area contributed by atoms with Crippen LogP contribution in [0, 0.1) is 0 Å². The summed E-state index contributed by atoms with van der Waals surface area (Å²) in [6.07, 6.45) is 0.966. The minimum absolute atomic E-state index is 0.105. The molecule has 1 aliphatic rings. The lowest BCUT2D eigenvalue weighted by molar-refractivity contribution is -0.138. The lowest BCUT2D eigenvalue weighted by Crippen LogP contribution is -2.32. The number of likely N-dealkylation sites (tertiary alicyclic amines) is 1. The van der Waals surface area contributed by atoms with Crippen LogP contribution in [0.1, 0.15) is 12.0 Å². The Kier molecular flexibility index (Phi) is 2.86. The Labute approximate surface area is 93.8 Å². The molecule has 2 amide bonds. The monoisotopic (exact) mass is 222 g/mol. The maximum atomic E-state index is 11.5. The molecule has 0 saturated carbocycles. The average Bonchev–Trinajstić information content (AvgIpc) is 2.76. The van der Waals surface area contributed by atoms with Crippen molar-refractivity contribution in [3.05, 3.63) is 29.8 Å². The van der Waals surface area contributed by atoms with Crippen LogP contribution in [0.15, 0.2) is 24.3 Å². The van der Waals surface area contributed by atoms with Crippen LogP contribution in [-0.2, 0) is 16.0 Å². The molecule has 80 valence electrons. The van der Waals surface area contributed by atoms with Gasteiger partial charge in [-0.1, -0.05) is 6.42 Å². The number of carbonyl (C=O) groups excluding carboxylic acids is 2. The molecule has 0 bridgehead atoms. The van der Waals surface area contributed by atoms with E-state index in [1.807, 2.05) is 24.3 Å². The van der Waals surface area contributed by atoms with Crippen molar-refractivity contribution >= 4 is 24.4 Å². The molecule has 1 aromatic carbocycles. The Morgan fingerprint density at radius 2 is 2.33 bits per heavy atom. The Balaban J connectivity index is 1.95. The normalized spacial score (nSPS) is 21.4. The number of thiol groups is 1. The van der Waals surface area contributed by atoms with Gasteiger partial charge in [0.2, 0.25) is 11.8 Å². The number of carbonyl (C=O) groups is 2. The zero-order valence-corrected chi connectivity index (χ0v) is 9.11. The lowest BCUT2D eigenvalue weighted by Gasteiger charge is -2.15. The van der Waals surface area contributed by atoms with E-state index >= 15 is 0 Å². The first kappa shape index (κ1) is 10.4. The van der Waals surface area contributed by atoms with Gasteiger partial charge in [-0.2, -0.15) is 36.4 Å². The zero-order valence-electron chi connectivity index (χ0n) is 8.22. The maximum Gasteiger partial charge on any atom is 0.242 e. The number of nitrogens with zero attached hydrogens (tertiary/aromatic N) is 1. The van der Waals surface area contributed by atoms with Crippen molar-refractivity contribution in [3.63, 3.8) is 0 Å². The third-order valence-electron chi connectivity index (χ3n) is 2.58. The molecule has 1 atom stereocenters. The molecule has 1 unspecified atom stereocenters. The maximum absolute atomic E-state index is 11.5. The van der Waals surface area contributed by atoms with Gasteiger partial charge in [-0.15, -0.1) is 0 Å². The van der Waals surface area contributed by atoms with Crippen LogP contribution in [0.3, 0.4) is 0 Å². The molecular weight excluding hydrogens is 210 g/mol. The van der Waals surface area contributed by atoms with E-state index in [9.17, 15) is 9.59 Å². The molecule has 1 saturated heterocycles.